The fraction of sp³-hybridized carbons (Fsp3) is 0.615. The second-order valence-electron chi connectivity index (χ2n) is 4.98. The minimum absolute atomic E-state index is 0.0499. The molecule has 0 heterocycles. The van der Waals surface area contributed by atoms with Gasteiger partial charge in [-0.3, -0.25) is 0 Å². The number of alkyl halides is 2. The Morgan fingerprint density at radius 3 is 2.47 bits per heavy atom. The van der Waals surface area contributed by atoms with Crippen molar-refractivity contribution in [2.75, 3.05) is 7.11 Å². The topological polar surface area (TPSA) is 26.3 Å². The van der Waals surface area contributed by atoms with E-state index in [9.17, 15) is 13.6 Å². The Morgan fingerprint density at radius 1 is 1.35 bits per heavy atom. The van der Waals surface area contributed by atoms with E-state index in [1.165, 1.54) is 26.2 Å². The van der Waals surface area contributed by atoms with E-state index in [4.69, 9.17) is 0 Å². The van der Waals surface area contributed by atoms with Crippen LogP contribution >= 0.6 is 0 Å². The maximum Gasteiger partial charge on any atom is 0.330 e. The molecule has 4 heteroatoms. The quantitative estimate of drug-likeness (QED) is 0.549. The van der Waals surface area contributed by atoms with Crippen LogP contribution in [0.1, 0.15) is 33.6 Å². The van der Waals surface area contributed by atoms with Gasteiger partial charge in [0.05, 0.1) is 7.11 Å². The van der Waals surface area contributed by atoms with Crippen molar-refractivity contribution in [3.63, 3.8) is 0 Å². The molecule has 0 N–H and O–H groups in total. The molecule has 17 heavy (non-hydrogen) atoms. The Labute approximate surface area is 100 Å². The van der Waals surface area contributed by atoms with Gasteiger partial charge in [0.2, 0.25) is 0 Å². The molecule has 96 valence electrons. The number of ether oxygens (including phenoxy) is 1. The first kappa shape index (κ1) is 13.9. The third-order valence-electron chi connectivity index (χ3n) is 3.33. The van der Waals surface area contributed by atoms with Crippen molar-refractivity contribution in [2.24, 2.45) is 5.41 Å². The van der Waals surface area contributed by atoms with Gasteiger partial charge in [-0.15, -0.1) is 0 Å². The van der Waals surface area contributed by atoms with E-state index in [1.54, 1.807) is 0 Å². The summed E-state index contributed by atoms with van der Waals surface area (Å²) >= 11 is 0. The molecule has 0 saturated carbocycles. The molecule has 1 rings (SSSR count). The second kappa shape index (κ2) is 4.59. The first-order valence-electron chi connectivity index (χ1n) is 5.56. The van der Waals surface area contributed by atoms with Gasteiger partial charge < -0.3 is 4.74 Å². The van der Waals surface area contributed by atoms with Gasteiger partial charge in [0.1, 0.15) is 0 Å². The number of carbonyl (C=O) groups excluding carboxylic acids is 1. The Bertz CT molecular complexity index is 379. The van der Waals surface area contributed by atoms with Gasteiger partial charge >= 0.3 is 5.97 Å². The van der Waals surface area contributed by atoms with Crippen LogP contribution in [0.3, 0.4) is 0 Å². The molecule has 0 unspecified atom stereocenters. The molecule has 2 nitrogen and oxygen atoms in total. The minimum Gasteiger partial charge on any atom is -0.466 e. The van der Waals surface area contributed by atoms with Crippen LogP contribution in [-0.2, 0) is 9.53 Å². The third-order valence-corrected chi connectivity index (χ3v) is 3.33. The number of hydrogen-bond donors (Lipinski definition) is 0. The highest BCUT2D eigenvalue weighted by Gasteiger charge is 2.42. The predicted molar refractivity (Wildman–Crippen MR) is 61.8 cm³/mol. The highest BCUT2D eigenvalue weighted by Crippen LogP contribution is 2.47. The van der Waals surface area contributed by atoms with E-state index in [-0.39, 0.29) is 17.4 Å². The van der Waals surface area contributed by atoms with E-state index in [2.05, 4.69) is 4.74 Å². The van der Waals surface area contributed by atoms with Crippen molar-refractivity contribution >= 4 is 5.97 Å². The number of hydrogen-bond acceptors (Lipinski definition) is 2. The molecule has 0 spiro atoms. The molecule has 1 aliphatic carbocycles. The summed E-state index contributed by atoms with van der Waals surface area (Å²) in [5.74, 6) is -3.30. The summed E-state index contributed by atoms with van der Waals surface area (Å²) < 4.78 is 31.6. The molecular weight excluding hydrogens is 226 g/mol. The zero-order valence-corrected chi connectivity index (χ0v) is 10.6. The van der Waals surface area contributed by atoms with Gasteiger partial charge in [-0.1, -0.05) is 19.9 Å². The lowest BCUT2D eigenvalue weighted by Gasteiger charge is -2.37. The van der Waals surface area contributed by atoms with Crippen LogP contribution in [0.15, 0.2) is 23.3 Å². The number of esters is 1. The molecule has 0 aromatic heterocycles. The Kier molecular flexibility index (Phi) is 3.74. The first-order valence-corrected chi connectivity index (χ1v) is 5.56. The van der Waals surface area contributed by atoms with Gasteiger partial charge in [0.25, 0.3) is 5.92 Å². The van der Waals surface area contributed by atoms with Crippen LogP contribution in [0, 0.1) is 5.41 Å². The molecule has 0 radical (unpaired) electrons. The highest BCUT2D eigenvalue weighted by atomic mass is 19.3. The number of methoxy groups -OCH3 is 1. The molecule has 0 aliphatic heterocycles. The average molecular weight is 244 g/mol. The molecule has 0 bridgehead atoms. The highest BCUT2D eigenvalue weighted by molar-refractivity contribution is 5.82. The van der Waals surface area contributed by atoms with Crippen molar-refractivity contribution < 1.29 is 18.3 Å². The SMILES string of the molecule is COC(=O)/C=C/C1=C(C)C(F)(F)CCC1(C)C. The molecule has 0 amide bonds. The van der Waals surface area contributed by atoms with E-state index in [0.717, 1.165) is 0 Å². The predicted octanol–water partition coefficient (Wildman–Crippen LogP) is 3.49. The van der Waals surface area contributed by atoms with Crippen molar-refractivity contribution in [1.82, 2.24) is 0 Å². The molecular formula is C13H18F2O2. The zero-order valence-electron chi connectivity index (χ0n) is 10.6. The second-order valence-corrected chi connectivity index (χ2v) is 4.98. The van der Waals surface area contributed by atoms with Crippen LogP contribution in [-0.4, -0.2) is 19.0 Å². The van der Waals surface area contributed by atoms with Gasteiger partial charge in [0.15, 0.2) is 0 Å². The van der Waals surface area contributed by atoms with E-state index < -0.39 is 11.9 Å². The Balaban J connectivity index is 3.13. The van der Waals surface area contributed by atoms with E-state index >= 15 is 0 Å². The van der Waals surface area contributed by atoms with Gasteiger partial charge in [-0.25, -0.2) is 13.6 Å². The van der Waals surface area contributed by atoms with Gasteiger partial charge in [-0.2, -0.15) is 0 Å². The summed E-state index contributed by atoms with van der Waals surface area (Å²) in [6.45, 7) is 5.24. The normalized spacial score (nSPS) is 22.9. The fourth-order valence-electron chi connectivity index (χ4n) is 2.07. The number of allylic oxidation sites excluding steroid dienone is 3. The summed E-state index contributed by atoms with van der Waals surface area (Å²) in [6.07, 6.45) is 2.91. The molecule has 0 fully saturated rings. The first-order chi connectivity index (χ1) is 7.70. The fourth-order valence-corrected chi connectivity index (χ4v) is 2.07. The lowest BCUT2D eigenvalue weighted by atomic mass is 9.71. The number of halogens is 2. The number of carbonyl (C=O) groups is 1. The lowest BCUT2D eigenvalue weighted by molar-refractivity contribution is -0.134. The standard InChI is InChI=1S/C13H18F2O2/c1-9-10(5-6-11(16)17-4)12(2,3)7-8-13(9,14)15/h5-6H,7-8H2,1-4H3/b6-5+. The number of rotatable bonds is 2. The molecule has 1 aliphatic rings. The van der Waals surface area contributed by atoms with Crippen molar-refractivity contribution in [3.8, 4) is 0 Å². The maximum absolute atomic E-state index is 13.6. The van der Waals surface area contributed by atoms with E-state index in [0.29, 0.717) is 12.0 Å². The summed E-state index contributed by atoms with van der Waals surface area (Å²) in [7, 11) is 1.26. The van der Waals surface area contributed by atoms with Gasteiger partial charge in [0, 0.05) is 12.5 Å². The Hall–Kier alpha value is -1.19. The van der Waals surface area contributed by atoms with Crippen LogP contribution < -0.4 is 0 Å². The molecule has 0 atom stereocenters. The minimum atomic E-state index is -2.77. The van der Waals surface area contributed by atoms with Crippen LogP contribution in [0.25, 0.3) is 0 Å². The summed E-state index contributed by atoms with van der Waals surface area (Å²) in [4.78, 5) is 11.0. The third kappa shape index (κ3) is 2.93. The van der Waals surface area contributed by atoms with E-state index in [1.807, 2.05) is 13.8 Å². The Morgan fingerprint density at radius 2 is 1.94 bits per heavy atom. The van der Waals surface area contributed by atoms with Gasteiger partial charge in [-0.05, 0) is 29.9 Å². The van der Waals surface area contributed by atoms with Crippen LogP contribution in [0.2, 0.25) is 0 Å². The average Bonchev–Trinajstić information content (AvgIpc) is 2.24. The van der Waals surface area contributed by atoms with Crippen LogP contribution in [0.5, 0.6) is 0 Å². The van der Waals surface area contributed by atoms with Crippen LogP contribution in [0.4, 0.5) is 8.78 Å². The smallest absolute Gasteiger partial charge is 0.330 e. The lowest BCUT2D eigenvalue weighted by Crippen LogP contribution is -2.31. The maximum atomic E-state index is 13.6. The van der Waals surface area contributed by atoms with Crippen molar-refractivity contribution in [2.45, 2.75) is 39.5 Å². The molecule has 0 aromatic carbocycles. The summed E-state index contributed by atoms with van der Waals surface area (Å²) in [5.41, 5.74) is 0.240. The summed E-state index contributed by atoms with van der Waals surface area (Å²) in [5, 5.41) is 0. The molecule has 0 saturated heterocycles. The largest absolute Gasteiger partial charge is 0.466 e. The zero-order chi connectivity index (χ0) is 13.3. The van der Waals surface area contributed by atoms with Crippen molar-refractivity contribution in [1.29, 1.82) is 0 Å². The monoisotopic (exact) mass is 244 g/mol. The molecule has 0 aromatic rings. The summed E-state index contributed by atoms with van der Waals surface area (Å²) in [6, 6.07) is 0. The van der Waals surface area contributed by atoms with Crippen molar-refractivity contribution in [3.05, 3.63) is 23.3 Å².